The molecule has 2 aromatic carbocycles. The van der Waals surface area contributed by atoms with Crippen LogP contribution in [0.3, 0.4) is 0 Å². The van der Waals surface area contributed by atoms with Gasteiger partial charge in [0.2, 0.25) is 10.0 Å². The summed E-state index contributed by atoms with van der Waals surface area (Å²) in [4.78, 5) is 12.3. The fourth-order valence-electron chi connectivity index (χ4n) is 2.14. The Morgan fingerprint density at radius 3 is 2.46 bits per heavy atom. The number of hydrogen-bond donors (Lipinski definition) is 2. The first-order valence-corrected chi connectivity index (χ1v) is 8.87. The van der Waals surface area contributed by atoms with E-state index >= 15 is 0 Å². The Hall–Kier alpha value is -2.25. The molecule has 0 saturated heterocycles. The SMILES string of the molecule is Cc1cc(F)ccc1NC(=O)c1cccc(S(=O)(=O)NC(C)C)c1. The molecule has 2 N–H and O–H groups in total. The predicted molar refractivity (Wildman–Crippen MR) is 91.0 cm³/mol. The third-order valence-corrected chi connectivity index (χ3v) is 4.89. The molecule has 0 aromatic heterocycles. The Morgan fingerprint density at radius 2 is 1.83 bits per heavy atom. The standard InChI is InChI=1S/C17H19FN2O3S/c1-11(2)20-24(22,23)15-6-4-5-13(10-15)17(21)19-16-8-7-14(18)9-12(16)3/h4-11,20H,1-3H3,(H,19,21). The summed E-state index contributed by atoms with van der Waals surface area (Å²) in [5, 5.41) is 2.65. The molecule has 0 atom stereocenters. The number of carbonyl (C=O) groups excluding carboxylic acids is 1. The number of amides is 1. The molecule has 128 valence electrons. The second-order valence-electron chi connectivity index (χ2n) is 5.72. The lowest BCUT2D eigenvalue weighted by Gasteiger charge is -2.11. The first-order valence-electron chi connectivity index (χ1n) is 7.39. The molecule has 2 aromatic rings. The highest BCUT2D eigenvalue weighted by atomic mass is 32.2. The number of carbonyl (C=O) groups is 1. The van der Waals surface area contributed by atoms with Crippen LogP contribution in [-0.4, -0.2) is 20.4 Å². The number of halogens is 1. The topological polar surface area (TPSA) is 75.3 Å². The Bertz CT molecular complexity index is 864. The molecule has 7 heteroatoms. The third kappa shape index (κ3) is 4.39. The lowest BCUT2D eigenvalue weighted by molar-refractivity contribution is 0.102. The summed E-state index contributed by atoms with van der Waals surface area (Å²) < 4.78 is 39.9. The van der Waals surface area contributed by atoms with Gasteiger partial charge < -0.3 is 5.32 Å². The molecule has 0 spiro atoms. The number of hydrogen-bond acceptors (Lipinski definition) is 3. The molecule has 24 heavy (non-hydrogen) atoms. The zero-order valence-corrected chi connectivity index (χ0v) is 14.4. The van der Waals surface area contributed by atoms with Gasteiger partial charge in [-0.05, 0) is 62.7 Å². The number of nitrogens with one attached hydrogen (secondary N) is 2. The van der Waals surface area contributed by atoms with E-state index in [0.717, 1.165) is 0 Å². The second-order valence-corrected chi connectivity index (χ2v) is 7.43. The summed E-state index contributed by atoms with van der Waals surface area (Å²) in [6.45, 7) is 5.10. The fraction of sp³-hybridized carbons (Fsp3) is 0.235. The van der Waals surface area contributed by atoms with Crippen molar-refractivity contribution in [3.05, 3.63) is 59.4 Å². The highest BCUT2D eigenvalue weighted by Gasteiger charge is 2.17. The Labute approximate surface area is 141 Å². The van der Waals surface area contributed by atoms with E-state index in [0.29, 0.717) is 11.3 Å². The zero-order valence-electron chi connectivity index (χ0n) is 13.6. The van der Waals surface area contributed by atoms with Gasteiger partial charge in [0, 0.05) is 17.3 Å². The van der Waals surface area contributed by atoms with Crippen LogP contribution >= 0.6 is 0 Å². The first kappa shape index (κ1) is 18.1. The van der Waals surface area contributed by atoms with E-state index in [4.69, 9.17) is 0 Å². The van der Waals surface area contributed by atoms with Crippen molar-refractivity contribution in [1.29, 1.82) is 0 Å². The van der Waals surface area contributed by atoms with Gasteiger partial charge >= 0.3 is 0 Å². The third-order valence-electron chi connectivity index (χ3n) is 3.23. The van der Waals surface area contributed by atoms with Crippen LogP contribution in [0.25, 0.3) is 0 Å². The van der Waals surface area contributed by atoms with Gasteiger partial charge in [-0.3, -0.25) is 4.79 Å². The first-order chi connectivity index (χ1) is 11.2. The summed E-state index contributed by atoms with van der Waals surface area (Å²) in [5.74, 6) is -0.857. The number of sulfonamides is 1. The summed E-state index contributed by atoms with van der Waals surface area (Å²) in [7, 11) is -3.68. The fourth-order valence-corrected chi connectivity index (χ4v) is 3.44. The van der Waals surface area contributed by atoms with E-state index in [1.807, 2.05) is 0 Å². The molecular formula is C17H19FN2O3S. The van der Waals surface area contributed by atoms with Crippen molar-refractivity contribution in [1.82, 2.24) is 4.72 Å². The van der Waals surface area contributed by atoms with E-state index < -0.39 is 21.7 Å². The molecule has 0 radical (unpaired) electrons. The lowest BCUT2D eigenvalue weighted by Crippen LogP contribution is -2.30. The second kappa shape index (κ2) is 7.11. The van der Waals surface area contributed by atoms with Gasteiger partial charge in [0.15, 0.2) is 0 Å². The zero-order chi connectivity index (χ0) is 17.9. The molecule has 0 aliphatic rings. The number of aryl methyl sites for hydroxylation is 1. The largest absolute Gasteiger partial charge is 0.322 e. The quantitative estimate of drug-likeness (QED) is 0.870. The van der Waals surface area contributed by atoms with Crippen LogP contribution in [0, 0.1) is 12.7 Å². The van der Waals surface area contributed by atoms with Crippen LogP contribution in [0.4, 0.5) is 10.1 Å². The van der Waals surface area contributed by atoms with E-state index in [2.05, 4.69) is 10.0 Å². The number of anilines is 1. The number of benzene rings is 2. The molecule has 0 aliphatic heterocycles. The number of rotatable bonds is 5. The molecule has 0 heterocycles. The molecule has 2 rings (SSSR count). The summed E-state index contributed by atoms with van der Waals surface area (Å²) in [5.41, 5.74) is 1.24. The smallest absolute Gasteiger partial charge is 0.255 e. The van der Waals surface area contributed by atoms with Gasteiger partial charge in [0.25, 0.3) is 5.91 Å². The van der Waals surface area contributed by atoms with Gasteiger partial charge in [-0.1, -0.05) is 6.07 Å². The van der Waals surface area contributed by atoms with E-state index in [1.54, 1.807) is 20.8 Å². The molecule has 0 unspecified atom stereocenters. The van der Waals surface area contributed by atoms with E-state index in [9.17, 15) is 17.6 Å². The van der Waals surface area contributed by atoms with Crippen LogP contribution in [-0.2, 0) is 10.0 Å². The maximum absolute atomic E-state index is 13.1. The Kier molecular flexibility index (Phi) is 5.36. The lowest BCUT2D eigenvalue weighted by atomic mass is 10.1. The summed E-state index contributed by atoms with van der Waals surface area (Å²) >= 11 is 0. The molecule has 0 saturated carbocycles. The van der Waals surface area contributed by atoms with Gasteiger partial charge in [0.1, 0.15) is 5.82 Å². The Morgan fingerprint density at radius 1 is 1.12 bits per heavy atom. The average Bonchev–Trinajstić information content (AvgIpc) is 2.49. The minimum absolute atomic E-state index is 0.0136. The van der Waals surface area contributed by atoms with Crippen LogP contribution in [0.2, 0.25) is 0 Å². The summed E-state index contributed by atoms with van der Waals surface area (Å²) in [6.07, 6.45) is 0. The van der Waals surface area contributed by atoms with Crippen LogP contribution in [0.1, 0.15) is 29.8 Å². The maximum atomic E-state index is 13.1. The van der Waals surface area contributed by atoms with E-state index in [-0.39, 0.29) is 16.5 Å². The van der Waals surface area contributed by atoms with Gasteiger partial charge in [-0.25, -0.2) is 17.5 Å². The molecule has 1 amide bonds. The molecule has 0 fully saturated rings. The molecular weight excluding hydrogens is 331 g/mol. The minimum atomic E-state index is -3.68. The molecule has 5 nitrogen and oxygen atoms in total. The van der Waals surface area contributed by atoms with Gasteiger partial charge in [0.05, 0.1) is 4.90 Å². The van der Waals surface area contributed by atoms with Gasteiger partial charge in [-0.15, -0.1) is 0 Å². The van der Waals surface area contributed by atoms with Crippen molar-refractivity contribution in [2.24, 2.45) is 0 Å². The predicted octanol–water partition coefficient (Wildman–Crippen LogP) is 3.07. The van der Waals surface area contributed by atoms with Crippen molar-refractivity contribution >= 4 is 21.6 Å². The van der Waals surface area contributed by atoms with Crippen LogP contribution < -0.4 is 10.0 Å². The summed E-state index contributed by atoms with van der Waals surface area (Å²) in [6, 6.07) is 9.50. The highest BCUT2D eigenvalue weighted by Crippen LogP contribution is 2.18. The van der Waals surface area contributed by atoms with Crippen molar-refractivity contribution in [3.8, 4) is 0 Å². The van der Waals surface area contributed by atoms with E-state index in [1.165, 1.54) is 42.5 Å². The molecule has 0 aliphatic carbocycles. The van der Waals surface area contributed by atoms with Crippen LogP contribution in [0.15, 0.2) is 47.4 Å². The van der Waals surface area contributed by atoms with Crippen LogP contribution in [0.5, 0.6) is 0 Å². The highest BCUT2D eigenvalue weighted by molar-refractivity contribution is 7.89. The van der Waals surface area contributed by atoms with Crippen molar-refractivity contribution in [2.75, 3.05) is 5.32 Å². The van der Waals surface area contributed by atoms with Crippen molar-refractivity contribution in [3.63, 3.8) is 0 Å². The van der Waals surface area contributed by atoms with Gasteiger partial charge in [-0.2, -0.15) is 0 Å². The minimum Gasteiger partial charge on any atom is -0.322 e. The monoisotopic (exact) mass is 350 g/mol. The van der Waals surface area contributed by atoms with Crippen molar-refractivity contribution in [2.45, 2.75) is 31.7 Å². The van der Waals surface area contributed by atoms with Crippen molar-refractivity contribution < 1.29 is 17.6 Å². The normalized spacial score (nSPS) is 11.5. The maximum Gasteiger partial charge on any atom is 0.255 e. The average molecular weight is 350 g/mol. The Balaban J connectivity index is 2.26. The molecule has 0 bridgehead atoms.